The molecule has 3 N–H and O–H groups in total. The van der Waals surface area contributed by atoms with Gasteiger partial charge < -0.3 is 10.6 Å². The normalized spacial score (nSPS) is 14.4. The third kappa shape index (κ3) is 5.84. The highest BCUT2D eigenvalue weighted by Crippen LogP contribution is 2.33. The number of likely N-dealkylation sites (N-methyl/N-ethyl adjacent to an activating group) is 1. The van der Waals surface area contributed by atoms with Crippen molar-refractivity contribution >= 4 is 28.3 Å². The number of amides is 1. The maximum absolute atomic E-state index is 13.0. The predicted octanol–water partition coefficient (Wildman–Crippen LogP) is 1.60. The maximum atomic E-state index is 13.0. The molecule has 0 saturated carbocycles. The lowest BCUT2D eigenvalue weighted by atomic mass is 10.2. The smallest absolute Gasteiger partial charge is 0.340 e. The lowest BCUT2D eigenvalue weighted by molar-refractivity contribution is -0.139. The van der Waals surface area contributed by atoms with Gasteiger partial charge in [0.05, 0.1) is 16.5 Å². The number of nitrogens with zero attached hydrogens (tertiary/aromatic N) is 1. The average molecular weight is 404 g/mol. The van der Waals surface area contributed by atoms with Gasteiger partial charge in [-0.25, -0.2) is 8.42 Å². The minimum Gasteiger partial charge on any atom is -0.340 e. The number of carbonyl (C=O) groups excluding carboxylic acids is 1. The number of benzene rings is 1. The Bertz CT molecular complexity index is 698. The Kier molecular flexibility index (Phi) is 8.35. The molecule has 0 aliphatic carbocycles. The fraction of sp³-hybridized carbons (Fsp3) is 0.500. The summed E-state index contributed by atoms with van der Waals surface area (Å²) in [5, 5.41) is 0. The van der Waals surface area contributed by atoms with Crippen LogP contribution in [0.25, 0.3) is 0 Å². The van der Waals surface area contributed by atoms with Crippen LogP contribution in [0.3, 0.4) is 0 Å². The standard InChI is InChI=1S/C14H20F3N3O3S.ClH/c1-9(8-18)20(3)13(21)10(2)19-24(22,23)12-7-5-4-6-11(12)14(15,16)17;/h4-7,9-10,19H,8,18H2,1-3H3;1H. The zero-order valence-corrected chi connectivity index (χ0v) is 15.5. The van der Waals surface area contributed by atoms with Gasteiger partial charge >= 0.3 is 6.18 Å². The molecule has 144 valence electrons. The molecule has 6 nitrogen and oxygen atoms in total. The van der Waals surface area contributed by atoms with Gasteiger partial charge in [-0.3, -0.25) is 4.79 Å². The molecule has 0 spiro atoms. The van der Waals surface area contributed by atoms with Crippen molar-refractivity contribution in [1.29, 1.82) is 0 Å². The summed E-state index contributed by atoms with van der Waals surface area (Å²) in [4.78, 5) is 12.5. The van der Waals surface area contributed by atoms with E-state index >= 15 is 0 Å². The summed E-state index contributed by atoms with van der Waals surface area (Å²) in [6.07, 6.45) is -4.83. The van der Waals surface area contributed by atoms with Crippen molar-refractivity contribution < 1.29 is 26.4 Å². The number of alkyl halides is 3. The number of halogens is 4. The second kappa shape index (κ2) is 8.84. The molecule has 0 aromatic heterocycles. The highest BCUT2D eigenvalue weighted by molar-refractivity contribution is 7.89. The summed E-state index contributed by atoms with van der Waals surface area (Å²) in [7, 11) is -3.09. The van der Waals surface area contributed by atoms with Gasteiger partial charge in [0.2, 0.25) is 15.9 Å². The van der Waals surface area contributed by atoms with Crippen LogP contribution in [0.2, 0.25) is 0 Å². The summed E-state index contributed by atoms with van der Waals surface area (Å²) in [5.74, 6) is -0.596. The highest BCUT2D eigenvalue weighted by Gasteiger charge is 2.37. The first-order valence-corrected chi connectivity index (χ1v) is 8.55. The molecule has 0 heterocycles. The molecule has 0 saturated heterocycles. The summed E-state index contributed by atoms with van der Waals surface area (Å²) >= 11 is 0. The van der Waals surface area contributed by atoms with Crippen molar-refractivity contribution in [1.82, 2.24) is 9.62 Å². The van der Waals surface area contributed by atoms with Gasteiger partial charge in [-0.05, 0) is 26.0 Å². The molecule has 0 radical (unpaired) electrons. The molecule has 1 rings (SSSR count). The number of nitrogens with one attached hydrogen (secondary N) is 1. The van der Waals surface area contributed by atoms with Crippen molar-refractivity contribution in [2.75, 3.05) is 13.6 Å². The van der Waals surface area contributed by atoms with Crippen LogP contribution in [0, 0.1) is 0 Å². The molecule has 2 atom stereocenters. The number of rotatable bonds is 6. The Labute approximate surface area is 151 Å². The van der Waals surface area contributed by atoms with Gasteiger partial charge in [0.15, 0.2) is 0 Å². The van der Waals surface area contributed by atoms with Gasteiger partial charge in [0.25, 0.3) is 0 Å². The second-order valence-corrected chi connectivity index (χ2v) is 7.05. The Morgan fingerprint density at radius 1 is 1.28 bits per heavy atom. The zero-order valence-electron chi connectivity index (χ0n) is 13.9. The summed E-state index contributed by atoms with van der Waals surface area (Å²) in [6.45, 7) is 3.09. The molecule has 0 fully saturated rings. The fourth-order valence-electron chi connectivity index (χ4n) is 1.96. The summed E-state index contributed by atoms with van der Waals surface area (Å²) in [5.41, 5.74) is 4.15. The van der Waals surface area contributed by atoms with Crippen molar-refractivity contribution in [2.24, 2.45) is 5.73 Å². The fourth-order valence-corrected chi connectivity index (χ4v) is 3.39. The molecular weight excluding hydrogens is 383 g/mol. The predicted molar refractivity (Wildman–Crippen MR) is 89.8 cm³/mol. The minimum absolute atomic E-state index is 0. The number of sulfonamides is 1. The largest absolute Gasteiger partial charge is 0.417 e. The van der Waals surface area contributed by atoms with Crippen LogP contribution in [0.1, 0.15) is 19.4 Å². The third-order valence-corrected chi connectivity index (χ3v) is 5.13. The van der Waals surface area contributed by atoms with Crippen LogP contribution in [-0.2, 0) is 21.0 Å². The van der Waals surface area contributed by atoms with Crippen LogP contribution < -0.4 is 10.5 Å². The first-order chi connectivity index (χ1) is 10.9. The Morgan fingerprint density at radius 2 is 1.80 bits per heavy atom. The van der Waals surface area contributed by atoms with Gasteiger partial charge in [0, 0.05) is 19.6 Å². The SMILES string of the molecule is CC(NS(=O)(=O)c1ccccc1C(F)(F)F)C(=O)N(C)C(C)CN.Cl. The minimum atomic E-state index is -4.83. The van der Waals surface area contributed by atoms with Crippen molar-refractivity contribution in [3.8, 4) is 0 Å². The van der Waals surface area contributed by atoms with Crippen molar-refractivity contribution in [3.05, 3.63) is 29.8 Å². The van der Waals surface area contributed by atoms with E-state index in [4.69, 9.17) is 5.73 Å². The molecule has 0 aliphatic heterocycles. The Hall–Kier alpha value is -1.36. The van der Waals surface area contributed by atoms with Crippen LogP contribution in [0.5, 0.6) is 0 Å². The van der Waals surface area contributed by atoms with E-state index in [2.05, 4.69) is 0 Å². The number of nitrogens with two attached hydrogens (primary N) is 1. The molecule has 25 heavy (non-hydrogen) atoms. The van der Waals surface area contributed by atoms with Crippen molar-refractivity contribution in [2.45, 2.75) is 37.0 Å². The first kappa shape index (κ1) is 23.6. The first-order valence-electron chi connectivity index (χ1n) is 7.07. The molecule has 2 unspecified atom stereocenters. The second-order valence-electron chi connectivity index (χ2n) is 5.37. The Morgan fingerprint density at radius 3 is 2.28 bits per heavy atom. The van der Waals surface area contributed by atoms with Gasteiger partial charge in [-0.1, -0.05) is 12.1 Å². The lowest BCUT2D eigenvalue weighted by Crippen LogP contribution is -2.49. The topological polar surface area (TPSA) is 92.5 Å². The monoisotopic (exact) mass is 403 g/mol. The number of hydrogen-bond donors (Lipinski definition) is 2. The van der Waals surface area contributed by atoms with E-state index in [9.17, 15) is 26.4 Å². The van der Waals surface area contributed by atoms with Crippen LogP contribution in [-0.4, -0.2) is 44.9 Å². The average Bonchev–Trinajstić information content (AvgIpc) is 2.51. The van der Waals surface area contributed by atoms with E-state index in [1.54, 1.807) is 6.92 Å². The lowest BCUT2D eigenvalue weighted by Gasteiger charge is -2.27. The van der Waals surface area contributed by atoms with Crippen molar-refractivity contribution in [3.63, 3.8) is 0 Å². The summed E-state index contributed by atoms with van der Waals surface area (Å²) in [6, 6.07) is 2.20. The van der Waals surface area contributed by atoms with E-state index < -0.39 is 38.6 Å². The van der Waals surface area contributed by atoms with E-state index in [1.807, 2.05) is 4.72 Å². The van der Waals surface area contributed by atoms with Gasteiger partial charge in [0.1, 0.15) is 0 Å². The number of hydrogen-bond acceptors (Lipinski definition) is 4. The zero-order chi connectivity index (χ0) is 18.7. The summed E-state index contributed by atoms with van der Waals surface area (Å²) < 4.78 is 65.4. The molecule has 1 amide bonds. The van der Waals surface area contributed by atoms with Gasteiger partial charge in [-0.2, -0.15) is 17.9 Å². The molecule has 0 bridgehead atoms. The molecular formula is C14H21ClF3N3O3S. The Balaban J connectivity index is 0.00000576. The van der Waals surface area contributed by atoms with E-state index in [-0.39, 0.29) is 25.0 Å². The quantitative estimate of drug-likeness (QED) is 0.754. The van der Waals surface area contributed by atoms with E-state index in [1.165, 1.54) is 24.9 Å². The van der Waals surface area contributed by atoms with Crippen LogP contribution in [0.15, 0.2) is 29.2 Å². The number of carbonyl (C=O) groups is 1. The highest BCUT2D eigenvalue weighted by atomic mass is 35.5. The molecule has 1 aromatic rings. The third-order valence-electron chi connectivity index (χ3n) is 3.53. The van der Waals surface area contributed by atoms with E-state index in [0.717, 1.165) is 12.1 Å². The van der Waals surface area contributed by atoms with Crippen LogP contribution in [0.4, 0.5) is 13.2 Å². The van der Waals surface area contributed by atoms with Crippen LogP contribution >= 0.6 is 12.4 Å². The van der Waals surface area contributed by atoms with Gasteiger partial charge in [-0.15, -0.1) is 12.4 Å². The van der Waals surface area contributed by atoms with E-state index in [0.29, 0.717) is 6.07 Å². The molecule has 1 aromatic carbocycles. The molecule has 11 heteroatoms. The molecule has 0 aliphatic rings. The maximum Gasteiger partial charge on any atom is 0.417 e.